The highest BCUT2D eigenvalue weighted by Gasteiger charge is 2.10. The fourth-order valence-electron chi connectivity index (χ4n) is 1.16. The number of thioether (sulfide) groups is 1. The monoisotopic (exact) mass is 239 g/mol. The molecule has 0 spiro atoms. The average molecular weight is 239 g/mol. The predicted octanol–water partition coefficient (Wildman–Crippen LogP) is 0.177. The van der Waals surface area contributed by atoms with Gasteiger partial charge in [0.25, 0.3) is 0 Å². The molecule has 0 atom stereocenters. The van der Waals surface area contributed by atoms with Gasteiger partial charge in [-0.3, -0.25) is 14.0 Å². The Labute approximate surface area is 95.1 Å². The Morgan fingerprint density at radius 2 is 2.44 bits per heavy atom. The highest BCUT2D eigenvalue weighted by Crippen LogP contribution is 2.18. The summed E-state index contributed by atoms with van der Waals surface area (Å²) in [6.07, 6.45) is 4.99. The number of carbonyl (C=O) groups is 1. The first kappa shape index (κ1) is 10.7. The minimum absolute atomic E-state index is 0.0427. The molecule has 0 amide bonds. The lowest BCUT2D eigenvalue weighted by Gasteiger charge is -2.00. The van der Waals surface area contributed by atoms with Gasteiger partial charge in [0.2, 0.25) is 0 Å². The van der Waals surface area contributed by atoms with Gasteiger partial charge < -0.3 is 5.11 Å². The van der Waals surface area contributed by atoms with Crippen LogP contribution in [0.2, 0.25) is 0 Å². The Morgan fingerprint density at radius 1 is 1.62 bits per heavy atom. The molecule has 7 nitrogen and oxygen atoms in total. The third-order valence-corrected chi connectivity index (χ3v) is 2.74. The second-order valence-corrected chi connectivity index (χ2v) is 3.98. The van der Waals surface area contributed by atoms with Crippen LogP contribution in [0.1, 0.15) is 0 Å². The molecule has 0 aliphatic heterocycles. The number of aryl methyl sites for hydroxylation is 1. The van der Waals surface area contributed by atoms with Crippen LogP contribution < -0.4 is 0 Å². The lowest BCUT2D eigenvalue weighted by molar-refractivity contribution is -0.133. The van der Waals surface area contributed by atoms with Gasteiger partial charge in [-0.15, -0.1) is 10.2 Å². The van der Waals surface area contributed by atoms with Crippen molar-refractivity contribution < 1.29 is 9.90 Å². The summed E-state index contributed by atoms with van der Waals surface area (Å²) in [6.45, 7) is 0. The summed E-state index contributed by atoms with van der Waals surface area (Å²) in [4.78, 5) is 10.5. The van der Waals surface area contributed by atoms with Gasteiger partial charge in [0.05, 0.1) is 17.6 Å². The Balaban J connectivity index is 2.22. The van der Waals surface area contributed by atoms with Crippen LogP contribution in [0, 0.1) is 0 Å². The fraction of sp³-hybridized carbons (Fsp3) is 0.250. The van der Waals surface area contributed by atoms with E-state index < -0.39 is 5.97 Å². The van der Waals surface area contributed by atoms with E-state index in [1.807, 2.05) is 0 Å². The van der Waals surface area contributed by atoms with Crippen LogP contribution in [-0.4, -0.2) is 41.4 Å². The van der Waals surface area contributed by atoms with Crippen molar-refractivity contribution >= 4 is 17.7 Å². The standard InChI is InChI=1S/C8H9N5O2S/c1-12-3-6(2-10-12)13-5-9-11-8(13)16-4-7(14)15/h2-3,5H,4H2,1H3,(H,14,15). The summed E-state index contributed by atoms with van der Waals surface area (Å²) in [5.74, 6) is -0.926. The first-order valence-corrected chi connectivity index (χ1v) is 5.39. The van der Waals surface area contributed by atoms with Crippen LogP contribution in [0.5, 0.6) is 0 Å². The number of nitrogens with zero attached hydrogens (tertiary/aromatic N) is 5. The zero-order chi connectivity index (χ0) is 11.5. The summed E-state index contributed by atoms with van der Waals surface area (Å²) in [5.41, 5.74) is 0.806. The van der Waals surface area contributed by atoms with Gasteiger partial charge in [0, 0.05) is 13.2 Å². The average Bonchev–Trinajstić information content (AvgIpc) is 2.82. The van der Waals surface area contributed by atoms with Crippen LogP contribution in [0.15, 0.2) is 23.9 Å². The molecule has 2 rings (SSSR count). The topological polar surface area (TPSA) is 85.8 Å². The molecule has 0 saturated heterocycles. The van der Waals surface area contributed by atoms with E-state index >= 15 is 0 Å². The quantitative estimate of drug-likeness (QED) is 0.766. The summed E-state index contributed by atoms with van der Waals surface area (Å²) < 4.78 is 3.35. The van der Waals surface area contributed by atoms with Gasteiger partial charge in [-0.05, 0) is 0 Å². The van der Waals surface area contributed by atoms with E-state index in [1.54, 1.807) is 28.7 Å². The van der Waals surface area contributed by atoms with Gasteiger partial charge in [0.1, 0.15) is 6.33 Å². The van der Waals surface area contributed by atoms with Crippen molar-refractivity contribution in [2.45, 2.75) is 5.16 Å². The van der Waals surface area contributed by atoms with E-state index in [9.17, 15) is 4.79 Å². The van der Waals surface area contributed by atoms with Crippen molar-refractivity contribution in [1.82, 2.24) is 24.5 Å². The first-order valence-electron chi connectivity index (χ1n) is 4.40. The minimum atomic E-state index is -0.884. The maximum absolute atomic E-state index is 10.5. The first-order chi connectivity index (χ1) is 7.66. The summed E-state index contributed by atoms with van der Waals surface area (Å²) in [7, 11) is 1.80. The lowest BCUT2D eigenvalue weighted by Crippen LogP contribution is -2.00. The third-order valence-electron chi connectivity index (χ3n) is 1.81. The molecule has 2 aromatic rings. The normalized spacial score (nSPS) is 10.6. The van der Waals surface area contributed by atoms with Gasteiger partial charge in [0.15, 0.2) is 5.16 Å². The van der Waals surface area contributed by atoms with E-state index in [1.165, 1.54) is 6.33 Å². The largest absolute Gasteiger partial charge is 0.481 e. The van der Waals surface area contributed by atoms with Crippen LogP contribution in [-0.2, 0) is 11.8 Å². The third kappa shape index (κ3) is 2.22. The summed E-state index contributed by atoms with van der Waals surface area (Å²) in [6, 6.07) is 0. The van der Waals surface area contributed by atoms with E-state index in [0.29, 0.717) is 5.16 Å². The molecule has 0 fully saturated rings. The molecule has 2 aromatic heterocycles. The number of hydrogen-bond acceptors (Lipinski definition) is 5. The second kappa shape index (κ2) is 4.35. The zero-order valence-electron chi connectivity index (χ0n) is 8.44. The minimum Gasteiger partial charge on any atom is -0.481 e. The SMILES string of the molecule is Cn1cc(-n2cnnc2SCC(=O)O)cn1. The van der Waals surface area contributed by atoms with Crippen molar-refractivity contribution in [2.75, 3.05) is 5.75 Å². The Hall–Kier alpha value is -1.83. The molecular formula is C8H9N5O2S. The van der Waals surface area contributed by atoms with Gasteiger partial charge in [-0.1, -0.05) is 11.8 Å². The molecule has 1 N–H and O–H groups in total. The number of hydrogen-bond donors (Lipinski definition) is 1. The van der Waals surface area contributed by atoms with Gasteiger partial charge in [-0.25, -0.2) is 0 Å². The van der Waals surface area contributed by atoms with E-state index in [2.05, 4.69) is 15.3 Å². The van der Waals surface area contributed by atoms with Crippen molar-refractivity contribution in [1.29, 1.82) is 0 Å². The maximum atomic E-state index is 10.5. The number of aromatic nitrogens is 5. The van der Waals surface area contributed by atoms with Crippen molar-refractivity contribution in [3.63, 3.8) is 0 Å². The van der Waals surface area contributed by atoms with Crippen LogP contribution in [0.3, 0.4) is 0 Å². The van der Waals surface area contributed by atoms with E-state index in [0.717, 1.165) is 17.4 Å². The molecule has 0 aliphatic rings. The summed E-state index contributed by atoms with van der Waals surface area (Å²) in [5, 5.41) is 20.7. The Bertz CT molecular complexity index is 506. The molecule has 0 unspecified atom stereocenters. The molecule has 8 heteroatoms. The maximum Gasteiger partial charge on any atom is 0.313 e. The molecule has 0 radical (unpaired) electrons. The number of carboxylic acid groups (broad SMARTS) is 1. The van der Waals surface area contributed by atoms with Crippen molar-refractivity contribution in [3.8, 4) is 5.69 Å². The molecule has 0 bridgehead atoms. The highest BCUT2D eigenvalue weighted by molar-refractivity contribution is 7.99. The van der Waals surface area contributed by atoms with Gasteiger partial charge >= 0.3 is 5.97 Å². The van der Waals surface area contributed by atoms with Crippen LogP contribution in [0.4, 0.5) is 0 Å². The number of aliphatic carboxylic acids is 1. The Morgan fingerprint density at radius 3 is 3.06 bits per heavy atom. The van der Waals surface area contributed by atoms with Crippen molar-refractivity contribution in [2.24, 2.45) is 7.05 Å². The molecule has 0 aromatic carbocycles. The molecule has 2 heterocycles. The molecular weight excluding hydrogens is 230 g/mol. The lowest BCUT2D eigenvalue weighted by atomic mass is 10.6. The second-order valence-electron chi connectivity index (χ2n) is 3.04. The van der Waals surface area contributed by atoms with Crippen LogP contribution in [0.25, 0.3) is 5.69 Å². The highest BCUT2D eigenvalue weighted by atomic mass is 32.2. The van der Waals surface area contributed by atoms with E-state index in [4.69, 9.17) is 5.11 Å². The molecule has 0 aliphatic carbocycles. The zero-order valence-corrected chi connectivity index (χ0v) is 9.26. The summed E-state index contributed by atoms with van der Waals surface area (Å²) >= 11 is 1.12. The van der Waals surface area contributed by atoms with Crippen LogP contribution >= 0.6 is 11.8 Å². The Kier molecular flexibility index (Phi) is 2.91. The predicted molar refractivity (Wildman–Crippen MR) is 56.5 cm³/mol. The smallest absolute Gasteiger partial charge is 0.313 e. The van der Waals surface area contributed by atoms with E-state index in [-0.39, 0.29) is 5.75 Å². The van der Waals surface area contributed by atoms with Gasteiger partial charge in [-0.2, -0.15) is 5.10 Å². The van der Waals surface area contributed by atoms with Crippen molar-refractivity contribution in [3.05, 3.63) is 18.7 Å². The fourth-order valence-corrected chi connectivity index (χ4v) is 1.81. The molecule has 0 saturated carbocycles. The molecule has 16 heavy (non-hydrogen) atoms. The molecule has 84 valence electrons. The number of carboxylic acids is 1. The number of rotatable bonds is 4.